The molecule has 1 aromatic heterocycles. The second-order valence-electron chi connectivity index (χ2n) is 6.09. The first-order chi connectivity index (χ1) is 11.4. The molecule has 0 bridgehead atoms. The van der Waals surface area contributed by atoms with Crippen LogP contribution in [0.5, 0.6) is 0 Å². The predicted molar refractivity (Wildman–Crippen MR) is 96.2 cm³/mol. The Morgan fingerprint density at radius 3 is 2.62 bits per heavy atom. The molecule has 1 aliphatic heterocycles. The van der Waals surface area contributed by atoms with Crippen molar-refractivity contribution in [2.75, 3.05) is 13.7 Å². The number of aryl methyl sites for hydroxylation is 1. The number of hydrogen-bond acceptors (Lipinski definition) is 5. The number of benzene rings is 1. The van der Waals surface area contributed by atoms with Crippen LogP contribution < -0.4 is 4.72 Å². The standard InChI is InChI=1S/C17H22N2O3S2/c1-12-9-10-23-17(12)16-15(11-22-19(16)3)24(20,21)18-13(2)14-7-5-4-6-8-14/h4-10,13,15-16,18H,11H2,1-3H3. The minimum absolute atomic E-state index is 0.162. The van der Waals surface area contributed by atoms with Crippen molar-refractivity contribution in [2.24, 2.45) is 0 Å². The molecule has 0 radical (unpaired) electrons. The number of thiophene rings is 1. The van der Waals surface area contributed by atoms with Crippen molar-refractivity contribution in [1.82, 2.24) is 9.79 Å². The van der Waals surface area contributed by atoms with E-state index in [1.807, 2.05) is 55.6 Å². The first-order valence-corrected chi connectivity index (χ1v) is 10.3. The number of rotatable bonds is 5. The van der Waals surface area contributed by atoms with E-state index in [1.165, 1.54) is 0 Å². The number of hydrogen-bond donors (Lipinski definition) is 1. The van der Waals surface area contributed by atoms with E-state index < -0.39 is 15.3 Å². The van der Waals surface area contributed by atoms with Crippen LogP contribution in [0.3, 0.4) is 0 Å². The third-order valence-electron chi connectivity index (χ3n) is 4.40. The quantitative estimate of drug-likeness (QED) is 0.884. The van der Waals surface area contributed by atoms with Crippen LogP contribution in [-0.4, -0.2) is 32.4 Å². The lowest BCUT2D eigenvalue weighted by Gasteiger charge is -2.24. The summed E-state index contributed by atoms with van der Waals surface area (Å²) >= 11 is 1.57. The third kappa shape index (κ3) is 3.41. The van der Waals surface area contributed by atoms with Crippen LogP contribution in [0, 0.1) is 6.92 Å². The van der Waals surface area contributed by atoms with Gasteiger partial charge in [-0.25, -0.2) is 13.1 Å². The van der Waals surface area contributed by atoms with Crippen LogP contribution in [-0.2, 0) is 14.9 Å². The van der Waals surface area contributed by atoms with Crippen molar-refractivity contribution in [3.63, 3.8) is 0 Å². The molecule has 1 N–H and O–H groups in total. The van der Waals surface area contributed by atoms with Crippen molar-refractivity contribution < 1.29 is 13.3 Å². The molecule has 2 heterocycles. The van der Waals surface area contributed by atoms with E-state index >= 15 is 0 Å². The molecule has 0 spiro atoms. The Morgan fingerprint density at radius 1 is 1.29 bits per heavy atom. The van der Waals surface area contributed by atoms with Crippen LogP contribution in [0.15, 0.2) is 41.8 Å². The van der Waals surface area contributed by atoms with E-state index in [4.69, 9.17) is 4.84 Å². The first kappa shape index (κ1) is 17.6. The summed E-state index contributed by atoms with van der Waals surface area (Å²) in [5, 5.41) is 3.02. The molecule has 0 amide bonds. The first-order valence-electron chi connectivity index (χ1n) is 7.86. The monoisotopic (exact) mass is 366 g/mol. The fourth-order valence-corrected chi connectivity index (χ4v) is 5.92. The molecule has 3 rings (SSSR count). The Labute approximate surface area is 147 Å². The van der Waals surface area contributed by atoms with E-state index in [0.717, 1.165) is 16.0 Å². The van der Waals surface area contributed by atoms with Gasteiger partial charge in [0.25, 0.3) is 0 Å². The van der Waals surface area contributed by atoms with E-state index in [0.29, 0.717) is 0 Å². The number of hydroxylamine groups is 2. The molecular weight excluding hydrogens is 344 g/mol. The summed E-state index contributed by atoms with van der Waals surface area (Å²) in [5.41, 5.74) is 2.04. The fourth-order valence-electron chi connectivity index (χ4n) is 3.02. The van der Waals surface area contributed by atoms with Gasteiger partial charge in [0.2, 0.25) is 10.0 Å². The summed E-state index contributed by atoms with van der Waals surface area (Å²) < 4.78 is 28.7. The number of sulfonamides is 1. The van der Waals surface area contributed by atoms with Crippen molar-refractivity contribution in [2.45, 2.75) is 31.2 Å². The van der Waals surface area contributed by atoms with Crippen molar-refractivity contribution >= 4 is 21.4 Å². The van der Waals surface area contributed by atoms with Crippen molar-refractivity contribution in [3.05, 3.63) is 57.8 Å². The maximum Gasteiger partial charge on any atom is 0.219 e. The zero-order valence-electron chi connectivity index (χ0n) is 14.0. The SMILES string of the molecule is Cc1ccsc1C1C(S(=O)(=O)NC(C)c2ccccc2)CON1C. The van der Waals surface area contributed by atoms with E-state index in [9.17, 15) is 8.42 Å². The highest BCUT2D eigenvalue weighted by atomic mass is 32.2. The summed E-state index contributed by atoms with van der Waals surface area (Å²) in [7, 11) is -1.75. The Hall–Kier alpha value is -1.25. The lowest BCUT2D eigenvalue weighted by Crippen LogP contribution is -2.40. The molecule has 24 heavy (non-hydrogen) atoms. The Morgan fingerprint density at radius 2 is 2.00 bits per heavy atom. The summed E-state index contributed by atoms with van der Waals surface area (Å²) in [5.74, 6) is 0. The molecule has 1 aromatic carbocycles. The van der Waals surface area contributed by atoms with Crippen molar-refractivity contribution in [3.8, 4) is 0 Å². The molecule has 3 atom stereocenters. The average molecular weight is 367 g/mol. The van der Waals surface area contributed by atoms with Crippen LogP contribution in [0.2, 0.25) is 0 Å². The highest BCUT2D eigenvalue weighted by Crippen LogP contribution is 2.38. The minimum atomic E-state index is -3.54. The maximum atomic E-state index is 13.0. The summed E-state index contributed by atoms with van der Waals surface area (Å²) in [6, 6.07) is 11.0. The zero-order valence-corrected chi connectivity index (χ0v) is 15.6. The van der Waals surface area contributed by atoms with Crippen LogP contribution in [0.4, 0.5) is 0 Å². The van der Waals surface area contributed by atoms with Crippen LogP contribution in [0.25, 0.3) is 0 Å². The molecule has 7 heteroatoms. The highest BCUT2D eigenvalue weighted by Gasteiger charge is 2.44. The molecule has 1 saturated heterocycles. The van der Waals surface area contributed by atoms with Gasteiger partial charge in [-0.2, -0.15) is 5.06 Å². The normalized spacial score (nSPS) is 23.5. The summed E-state index contributed by atoms with van der Waals surface area (Å²) in [6.45, 7) is 4.02. The van der Waals surface area contributed by atoms with Gasteiger partial charge in [-0.1, -0.05) is 30.3 Å². The molecular formula is C17H22N2O3S2. The van der Waals surface area contributed by atoms with Gasteiger partial charge in [-0.3, -0.25) is 4.84 Å². The van der Waals surface area contributed by atoms with Crippen LogP contribution >= 0.6 is 11.3 Å². The molecule has 130 valence electrons. The minimum Gasteiger partial charge on any atom is -0.297 e. The number of nitrogens with one attached hydrogen (secondary N) is 1. The van der Waals surface area contributed by atoms with E-state index in [2.05, 4.69) is 4.72 Å². The Balaban J connectivity index is 1.84. The molecule has 0 saturated carbocycles. The Kier molecular flexibility index (Phi) is 5.08. The summed E-state index contributed by atoms with van der Waals surface area (Å²) in [4.78, 5) is 6.59. The van der Waals surface area contributed by atoms with E-state index in [1.54, 1.807) is 23.4 Å². The van der Waals surface area contributed by atoms with Gasteiger partial charge in [-0.15, -0.1) is 11.3 Å². The molecule has 1 aliphatic rings. The fraction of sp³-hybridized carbons (Fsp3) is 0.412. The molecule has 3 unspecified atom stereocenters. The van der Waals surface area contributed by atoms with Gasteiger partial charge in [0.15, 0.2) is 0 Å². The lowest BCUT2D eigenvalue weighted by molar-refractivity contribution is -0.110. The van der Waals surface area contributed by atoms with Gasteiger partial charge >= 0.3 is 0 Å². The van der Waals surface area contributed by atoms with Gasteiger partial charge < -0.3 is 0 Å². The van der Waals surface area contributed by atoms with Gasteiger partial charge in [-0.05, 0) is 36.4 Å². The summed E-state index contributed by atoms with van der Waals surface area (Å²) in [6.07, 6.45) is 0. The lowest BCUT2D eigenvalue weighted by atomic mass is 10.1. The smallest absolute Gasteiger partial charge is 0.219 e. The van der Waals surface area contributed by atoms with E-state index in [-0.39, 0.29) is 18.7 Å². The highest BCUT2D eigenvalue weighted by molar-refractivity contribution is 7.90. The zero-order chi connectivity index (χ0) is 17.3. The molecule has 0 aliphatic carbocycles. The van der Waals surface area contributed by atoms with Gasteiger partial charge in [0, 0.05) is 18.0 Å². The van der Waals surface area contributed by atoms with Crippen molar-refractivity contribution in [1.29, 1.82) is 0 Å². The molecule has 1 fully saturated rings. The van der Waals surface area contributed by atoms with Gasteiger partial charge in [0.1, 0.15) is 5.25 Å². The topological polar surface area (TPSA) is 58.6 Å². The average Bonchev–Trinajstić information content (AvgIpc) is 3.13. The van der Waals surface area contributed by atoms with Gasteiger partial charge in [0.05, 0.1) is 12.6 Å². The number of nitrogens with zero attached hydrogens (tertiary/aromatic N) is 1. The largest absolute Gasteiger partial charge is 0.297 e. The molecule has 2 aromatic rings. The maximum absolute atomic E-state index is 13.0. The molecule has 5 nitrogen and oxygen atoms in total. The Bertz CT molecular complexity index is 789. The van der Waals surface area contributed by atoms with Crippen LogP contribution in [0.1, 0.15) is 35.0 Å². The third-order valence-corrected chi connectivity index (χ3v) is 7.36. The second-order valence-corrected chi connectivity index (χ2v) is 8.97. The second kappa shape index (κ2) is 6.93. The predicted octanol–water partition coefficient (Wildman–Crippen LogP) is 3.02.